The van der Waals surface area contributed by atoms with Gasteiger partial charge in [-0.1, -0.05) is 42.0 Å². The molecule has 2 aromatic heterocycles. The Kier molecular flexibility index (Phi) is 4.97. The number of nitrogens with zero attached hydrogens (tertiary/aromatic N) is 4. The molecule has 2 heterocycles. The maximum Gasteiger partial charge on any atom is 0.101 e. The van der Waals surface area contributed by atoms with E-state index in [4.69, 9.17) is 16.9 Å². The molecule has 0 saturated heterocycles. The molecule has 0 aliphatic heterocycles. The van der Waals surface area contributed by atoms with Crippen molar-refractivity contribution in [1.82, 2.24) is 14.8 Å². The van der Waals surface area contributed by atoms with E-state index in [1.165, 1.54) is 0 Å². The van der Waals surface area contributed by atoms with Crippen molar-refractivity contribution in [1.29, 1.82) is 5.26 Å². The molecule has 0 amide bonds. The molecule has 0 N–H and O–H groups in total. The van der Waals surface area contributed by atoms with Gasteiger partial charge in [0.2, 0.25) is 0 Å². The molecule has 0 saturated carbocycles. The predicted octanol–water partition coefficient (Wildman–Crippen LogP) is 4.64. The smallest absolute Gasteiger partial charge is 0.101 e. The minimum atomic E-state index is 0.553. The second-order valence-corrected chi connectivity index (χ2v) is 6.15. The minimum Gasteiger partial charge on any atom is -0.265 e. The fraction of sp³-hybridized carbons (Fsp3) is 0.150. The molecule has 5 heteroatoms. The lowest BCUT2D eigenvalue weighted by atomic mass is 10.1. The quantitative estimate of drug-likeness (QED) is 0.690. The topological polar surface area (TPSA) is 54.5 Å². The Hall–Kier alpha value is -2.90. The summed E-state index contributed by atoms with van der Waals surface area (Å²) in [5.41, 5.74) is 5.47. The number of pyridine rings is 1. The summed E-state index contributed by atoms with van der Waals surface area (Å²) in [4.78, 5) is 3.98. The van der Waals surface area contributed by atoms with Crippen LogP contribution < -0.4 is 0 Å². The van der Waals surface area contributed by atoms with Gasteiger partial charge in [-0.3, -0.25) is 9.67 Å². The van der Waals surface area contributed by atoms with Crippen LogP contribution in [0.2, 0.25) is 5.02 Å². The molecule has 0 radical (unpaired) electrons. The van der Waals surface area contributed by atoms with Crippen molar-refractivity contribution in [2.45, 2.75) is 20.4 Å². The summed E-state index contributed by atoms with van der Waals surface area (Å²) in [6, 6.07) is 11.8. The molecule has 0 aliphatic rings. The minimum absolute atomic E-state index is 0.553. The van der Waals surface area contributed by atoms with Gasteiger partial charge in [0.1, 0.15) is 6.07 Å². The Balaban J connectivity index is 1.91. The predicted molar refractivity (Wildman–Crippen MR) is 100 cm³/mol. The molecule has 1 aromatic carbocycles. The molecule has 4 nitrogen and oxygen atoms in total. The van der Waals surface area contributed by atoms with Gasteiger partial charge >= 0.3 is 0 Å². The monoisotopic (exact) mass is 348 g/mol. The van der Waals surface area contributed by atoms with E-state index < -0.39 is 0 Å². The molecule has 3 aromatic rings. The lowest BCUT2D eigenvalue weighted by molar-refractivity contribution is 0.659. The first kappa shape index (κ1) is 16.9. The Morgan fingerprint density at radius 3 is 2.76 bits per heavy atom. The van der Waals surface area contributed by atoms with Gasteiger partial charge in [-0.2, -0.15) is 10.4 Å². The Bertz CT molecular complexity index is 980. The van der Waals surface area contributed by atoms with Crippen LogP contribution in [-0.4, -0.2) is 14.8 Å². The summed E-state index contributed by atoms with van der Waals surface area (Å²) in [5.74, 6) is 0. The number of hydrogen-bond acceptors (Lipinski definition) is 3. The van der Waals surface area contributed by atoms with Crippen molar-refractivity contribution in [3.05, 3.63) is 81.4 Å². The summed E-state index contributed by atoms with van der Waals surface area (Å²) in [6.45, 7) is 4.64. The highest BCUT2D eigenvalue weighted by atomic mass is 35.5. The van der Waals surface area contributed by atoms with E-state index in [-0.39, 0.29) is 0 Å². The molecule has 0 fully saturated rings. The van der Waals surface area contributed by atoms with Crippen LogP contribution in [0.4, 0.5) is 0 Å². The fourth-order valence-electron chi connectivity index (χ4n) is 2.71. The van der Waals surface area contributed by atoms with E-state index in [2.05, 4.69) is 16.2 Å². The maximum atomic E-state index is 9.17. The number of rotatable bonds is 4. The number of nitriles is 1. The zero-order valence-electron chi connectivity index (χ0n) is 14.1. The molecular formula is C20H17ClN4. The van der Waals surface area contributed by atoms with E-state index in [0.717, 1.165) is 33.1 Å². The van der Waals surface area contributed by atoms with Gasteiger partial charge in [-0.25, -0.2) is 0 Å². The number of aryl methyl sites for hydroxylation is 1. The average molecular weight is 349 g/mol. The van der Waals surface area contributed by atoms with Crippen molar-refractivity contribution in [3.8, 4) is 6.07 Å². The zero-order chi connectivity index (χ0) is 17.8. The van der Waals surface area contributed by atoms with Gasteiger partial charge in [0.15, 0.2) is 0 Å². The third-order valence-corrected chi connectivity index (χ3v) is 4.49. The second-order valence-electron chi connectivity index (χ2n) is 5.74. The molecule has 3 rings (SSSR count). The van der Waals surface area contributed by atoms with Crippen LogP contribution in [0.15, 0.2) is 42.7 Å². The van der Waals surface area contributed by atoms with Crippen molar-refractivity contribution >= 4 is 23.8 Å². The van der Waals surface area contributed by atoms with Crippen molar-refractivity contribution < 1.29 is 0 Å². The van der Waals surface area contributed by atoms with Gasteiger partial charge in [-0.15, -0.1) is 0 Å². The largest absolute Gasteiger partial charge is 0.265 e. The summed E-state index contributed by atoms with van der Waals surface area (Å²) in [5, 5.41) is 14.5. The first-order valence-corrected chi connectivity index (χ1v) is 8.27. The highest BCUT2D eigenvalue weighted by molar-refractivity contribution is 6.31. The number of halogens is 1. The highest BCUT2D eigenvalue weighted by Gasteiger charge is 2.11. The van der Waals surface area contributed by atoms with E-state index in [0.29, 0.717) is 12.1 Å². The van der Waals surface area contributed by atoms with Gasteiger partial charge in [0, 0.05) is 28.7 Å². The van der Waals surface area contributed by atoms with Crippen molar-refractivity contribution in [2.24, 2.45) is 0 Å². The third-order valence-electron chi connectivity index (χ3n) is 4.12. The van der Waals surface area contributed by atoms with E-state index in [1.807, 2.05) is 61.0 Å². The standard InChI is InChI=1S/C20H17ClN4/c1-14-19(8-7-16-9-10-23-12-18(16)11-22)15(2)25(24-14)13-17-5-3-4-6-20(17)21/h3-10,12H,13H2,1-2H3. The molecule has 0 atom stereocenters. The van der Waals surface area contributed by atoms with Crippen LogP contribution in [0.1, 0.15) is 33.6 Å². The van der Waals surface area contributed by atoms with E-state index >= 15 is 0 Å². The highest BCUT2D eigenvalue weighted by Crippen LogP contribution is 2.21. The Morgan fingerprint density at radius 2 is 2.00 bits per heavy atom. The molecule has 0 aliphatic carbocycles. The van der Waals surface area contributed by atoms with Gasteiger partial charge < -0.3 is 0 Å². The van der Waals surface area contributed by atoms with Crippen LogP contribution in [-0.2, 0) is 6.54 Å². The summed E-state index contributed by atoms with van der Waals surface area (Å²) < 4.78 is 1.95. The maximum absolute atomic E-state index is 9.17. The van der Waals surface area contributed by atoms with E-state index in [1.54, 1.807) is 12.4 Å². The summed E-state index contributed by atoms with van der Waals surface area (Å²) in [6.07, 6.45) is 7.18. The number of aromatic nitrogens is 3. The normalized spacial score (nSPS) is 11.0. The summed E-state index contributed by atoms with van der Waals surface area (Å²) >= 11 is 6.26. The Morgan fingerprint density at radius 1 is 1.20 bits per heavy atom. The number of benzene rings is 1. The van der Waals surface area contributed by atoms with Gasteiger partial charge in [-0.05, 0) is 37.1 Å². The Labute approximate surface area is 152 Å². The molecular weight excluding hydrogens is 332 g/mol. The second kappa shape index (κ2) is 7.33. The molecule has 0 bridgehead atoms. The first-order chi connectivity index (χ1) is 12.1. The third kappa shape index (κ3) is 3.62. The van der Waals surface area contributed by atoms with Crippen LogP contribution in [0.25, 0.3) is 12.2 Å². The molecule has 25 heavy (non-hydrogen) atoms. The van der Waals surface area contributed by atoms with Crippen molar-refractivity contribution in [2.75, 3.05) is 0 Å². The van der Waals surface area contributed by atoms with Gasteiger partial charge in [0.05, 0.1) is 17.8 Å². The van der Waals surface area contributed by atoms with Crippen LogP contribution >= 0.6 is 11.6 Å². The van der Waals surface area contributed by atoms with Crippen LogP contribution in [0.3, 0.4) is 0 Å². The lowest BCUT2D eigenvalue weighted by Gasteiger charge is -2.06. The molecule has 0 unspecified atom stereocenters. The van der Waals surface area contributed by atoms with Gasteiger partial charge in [0.25, 0.3) is 0 Å². The number of hydrogen-bond donors (Lipinski definition) is 0. The lowest BCUT2D eigenvalue weighted by Crippen LogP contribution is -2.04. The fourth-order valence-corrected chi connectivity index (χ4v) is 2.91. The zero-order valence-corrected chi connectivity index (χ0v) is 14.8. The van der Waals surface area contributed by atoms with Crippen molar-refractivity contribution in [3.63, 3.8) is 0 Å². The molecule has 0 spiro atoms. The molecule has 124 valence electrons. The first-order valence-electron chi connectivity index (χ1n) is 7.89. The van der Waals surface area contributed by atoms with Crippen LogP contribution in [0.5, 0.6) is 0 Å². The average Bonchev–Trinajstić information content (AvgIpc) is 2.89. The van der Waals surface area contributed by atoms with E-state index in [9.17, 15) is 0 Å². The summed E-state index contributed by atoms with van der Waals surface area (Å²) in [7, 11) is 0. The van der Waals surface area contributed by atoms with Crippen LogP contribution in [0, 0.1) is 25.2 Å². The SMILES string of the molecule is Cc1nn(Cc2ccccc2Cl)c(C)c1C=Cc1ccncc1C#N.